The number of hydrogen-bond acceptors (Lipinski definition) is 7. The first-order valence-electron chi connectivity index (χ1n) is 10.1. The molecule has 10 heteroatoms. The quantitative estimate of drug-likeness (QED) is 0.625. The Balaban J connectivity index is 1.58. The summed E-state index contributed by atoms with van der Waals surface area (Å²) in [4.78, 5) is 42.6. The number of aromatic nitrogens is 3. The van der Waals surface area contributed by atoms with E-state index in [4.69, 9.17) is 21.1 Å². The first kappa shape index (κ1) is 22.7. The number of piperidine rings is 1. The SMILES string of the molecule is CCOC(=O)C1CCN(C(=O)COC(=O)c2nc(-n3nc(C)cc3C)ccc2Cl)CC1. The highest BCUT2D eigenvalue weighted by Gasteiger charge is 2.29. The number of carbonyl (C=O) groups excluding carboxylic acids is 3. The maximum absolute atomic E-state index is 12.5. The van der Waals surface area contributed by atoms with E-state index in [9.17, 15) is 14.4 Å². The second-order valence-electron chi connectivity index (χ2n) is 7.32. The molecule has 1 aliphatic rings. The summed E-state index contributed by atoms with van der Waals surface area (Å²) in [6.45, 7) is 6.22. The van der Waals surface area contributed by atoms with E-state index in [1.165, 1.54) is 0 Å². The second-order valence-corrected chi connectivity index (χ2v) is 7.73. The van der Waals surface area contributed by atoms with Gasteiger partial charge in [-0.1, -0.05) is 11.6 Å². The minimum atomic E-state index is -0.789. The van der Waals surface area contributed by atoms with Crippen LogP contribution in [0.1, 0.15) is 41.6 Å². The Kier molecular flexibility index (Phi) is 7.27. The molecule has 31 heavy (non-hydrogen) atoms. The highest BCUT2D eigenvalue weighted by Crippen LogP contribution is 2.20. The van der Waals surface area contributed by atoms with Gasteiger partial charge in [-0.2, -0.15) is 5.10 Å². The number of likely N-dealkylation sites (tertiary alicyclic amines) is 1. The van der Waals surface area contributed by atoms with E-state index in [0.29, 0.717) is 38.4 Å². The maximum atomic E-state index is 12.5. The normalized spacial score (nSPS) is 14.4. The van der Waals surface area contributed by atoms with Gasteiger partial charge in [0.1, 0.15) is 0 Å². The lowest BCUT2D eigenvalue weighted by molar-refractivity contribution is -0.151. The zero-order valence-corrected chi connectivity index (χ0v) is 18.5. The van der Waals surface area contributed by atoms with E-state index < -0.39 is 12.6 Å². The van der Waals surface area contributed by atoms with Gasteiger partial charge in [0, 0.05) is 18.8 Å². The number of carbonyl (C=O) groups is 3. The lowest BCUT2D eigenvalue weighted by atomic mass is 9.97. The van der Waals surface area contributed by atoms with Gasteiger partial charge < -0.3 is 14.4 Å². The molecule has 1 fully saturated rings. The molecular weight excluding hydrogens is 424 g/mol. The van der Waals surface area contributed by atoms with Crippen LogP contribution in [-0.2, 0) is 19.1 Å². The number of esters is 2. The molecule has 0 N–H and O–H groups in total. The number of pyridine rings is 1. The molecule has 2 aromatic rings. The molecule has 3 heterocycles. The number of nitrogens with zero attached hydrogens (tertiary/aromatic N) is 4. The Morgan fingerprint density at radius 3 is 2.48 bits per heavy atom. The molecule has 0 atom stereocenters. The number of rotatable bonds is 6. The number of ether oxygens (including phenoxy) is 2. The highest BCUT2D eigenvalue weighted by molar-refractivity contribution is 6.33. The second kappa shape index (κ2) is 9.91. The summed E-state index contributed by atoms with van der Waals surface area (Å²) in [5.74, 6) is -1.13. The average molecular weight is 449 g/mol. The van der Waals surface area contributed by atoms with Crippen LogP contribution in [0.5, 0.6) is 0 Å². The Labute approximate surface area is 185 Å². The summed E-state index contributed by atoms with van der Waals surface area (Å²) in [6.07, 6.45) is 1.05. The van der Waals surface area contributed by atoms with Gasteiger partial charge in [-0.05, 0) is 51.8 Å². The molecule has 1 amide bonds. The van der Waals surface area contributed by atoms with Crippen LogP contribution in [0.2, 0.25) is 5.02 Å². The van der Waals surface area contributed by atoms with Crippen LogP contribution in [0.15, 0.2) is 18.2 Å². The molecule has 0 unspecified atom stereocenters. The Morgan fingerprint density at radius 2 is 1.87 bits per heavy atom. The van der Waals surface area contributed by atoms with Gasteiger partial charge >= 0.3 is 11.9 Å². The Hall–Kier alpha value is -2.94. The van der Waals surface area contributed by atoms with Gasteiger partial charge in [0.2, 0.25) is 0 Å². The average Bonchev–Trinajstić information content (AvgIpc) is 3.10. The fourth-order valence-electron chi connectivity index (χ4n) is 3.47. The third kappa shape index (κ3) is 5.41. The van der Waals surface area contributed by atoms with E-state index in [2.05, 4.69) is 10.1 Å². The molecule has 0 aromatic carbocycles. The standard InChI is InChI=1S/C21H25ClN4O5/c1-4-30-20(28)15-7-9-25(10-8-15)18(27)12-31-21(29)19-16(22)5-6-17(23-19)26-14(3)11-13(2)24-26/h5-6,11,15H,4,7-10,12H2,1-3H3. The first-order valence-corrected chi connectivity index (χ1v) is 10.5. The van der Waals surface area contributed by atoms with Crippen molar-refractivity contribution >= 4 is 29.4 Å². The summed E-state index contributed by atoms with van der Waals surface area (Å²) in [5.41, 5.74) is 1.59. The molecule has 0 bridgehead atoms. The van der Waals surface area contributed by atoms with E-state index >= 15 is 0 Å². The zero-order chi connectivity index (χ0) is 22.5. The molecule has 9 nitrogen and oxygen atoms in total. The number of aryl methyl sites for hydroxylation is 2. The van der Waals surface area contributed by atoms with Gasteiger partial charge in [-0.15, -0.1) is 0 Å². The van der Waals surface area contributed by atoms with E-state index in [-0.39, 0.29) is 28.5 Å². The maximum Gasteiger partial charge on any atom is 0.359 e. The van der Waals surface area contributed by atoms with Crippen molar-refractivity contribution in [3.05, 3.63) is 40.3 Å². The molecule has 1 saturated heterocycles. The van der Waals surface area contributed by atoms with Gasteiger partial charge in [0.25, 0.3) is 5.91 Å². The van der Waals surface area contributed by atoms with Crippen molar-refractivity contribution in [1.82, 2.24) is 19.7 Å². The third-order valence-electron chi connectivity index (χ3n) is 5.05. The zero-order valence-electron chi connectivity index (χ0n) is 17.8. The summed E-state index contributed by atoms with van der Waals surface area (Å²) >= 11 is 6.13. The van der Waals surface area contributed by atoms with Crippen molar-refractivity contribution in [3.63, 3.8) is 0 Å². The number of halogens is 1. The first-order chi connectivity index (χ1) is 14.8. The predicted molar refractivity (Wildman–Crippen MR) is 112 cm³/mol. The van der Waals surface area contributed by atoms with Crippen molar-refractivity contribution in [3.8, 4) is 5.82 Å². The molecule has 0 aliphatic carbocycles. The smallest absolute Gasteiger partial charge is 0.359 e. The predicted octanol–water partition coefficient (Wildman–Crippen LogP) is 2.50. The van der Waals surface area contributed by atoms with Gasteiger partial charge in [-0.25, -0.2) is 14.5 Å². The van der Waals surface area contributed by atoms with Crippen LogP contribution in [0.25, 0.3) is 5.82 Å². The summed E-state index contributed by atoms with van der Waals surface area (Å²) in [7, 11) is 0. The van der Waals surface area contributed by atoms with Gasteiger partial charge in [-0.3, -0.25) is 9.59 Å². The monoisotopic (exact) mass is 448 g/mol. The lowest BCUT2D eigenvalue weighted by Gasteiger charge is -2.30. The molecule has 2 aromatic heterocycles. The van der Waals surface area contributed by atoms with Crippen LogP contribution in [0.3, 0.4) is 0 Å². The third-order valence-corrected chi connectivity index (χ3v) is 5.35. The fourth-order valence-corrected chi connectivity index (χ4v) is 3.65. The van der Waals surface area contributed by atoms with Crippen LogP contribution in [0, 0.1) is 19.8 Å². The number of hydrogen-bond donors (Lipinski definition) is 0. The minimum Gasteiger partial charge on any atom is -0.466 e. The minimum absolute atomic E-state index is 0.0828. The van der Waals surface area contributed by atoms with E-state index in [1.54, 1.807) is 28.6 Å². The van der Waals surface area contributed by atoms with E-state index in [1.807, 2.05) is 19.9 Å². The van der Waals surface area contributed by atoms with Gasteiger partial charge in [0.05, 0.1) is 23.2 Å². The summed E-state index contributed by atoms with van der Waals surface area (Å²) in [5, 5.41) is 4.46. The fraction of sp³-hybridized carbons (Fsp3) is 0.476. The molecule has 3 rings (SSSR count). The van der Waals surface area contributed by atoms with Crippen LogP contribution in [0.4, 0.5) is 0 Å². The van der Waals surface area contributed by atoms with E-state index in [0.717, 1.165) is 11.4 Å². The van der Waals surface area contributed by atoms with Crippen molar-refractivity contribution in [2.75, 3.05) is 26.3 Å². The van der Waals surface area contributed by atoms with Crippen molar-refractivity contribution in [2.24, 2.45) is 5.92 Å². The molecule has 166 valence electrons. The van der Waals surface area contributed by atoms with Crippen molar-refractivity contribution in [1.29, 1.82) is 0 Å². The summed E-state index contributed by atoms with van der Waals surface area (Å²) in [6, 6.07) is 5.08. The topological polar surface area (TPSA) is 104 Å². The molecule has 0 radical (unpaired) electrons. The number of amides is 1. The Morgan fingerprint density at radius 1 is 1.16 bits per heavy atom. The highest BCUT2D eigenvalue weighted by atomic mass is 35.5. The lowest BCUT2D eigenvalue weighted by Crippen LogP contribution is -2.42. The van der Waals surface area contributed by atoms with Crippen LogP contribution < -0.4 is 0 Å². The van der Waals surface area contributed by atoms with Crippen LogP contribution >= 0.6 is 11.6 Å². The van der Waals surface area contributed by atoms with Gasteiger partial charge in [0.15, 0.2) is 18.1 Å². The molecular formula is C21H25ClN4O5. The Bertz CT molecular complexity index is 982. The largest absolute Gasteiger partial charge is 0.466 e. The van der Waals surface area contributed by atoms with Crippen LogP contribution in [-0.4, -0.2) is 63.8 Å². The van der Waals surface area contributed by atoms with Crippen molar-refractivity contribution in [2.45, 2.75) is 33.6 Å². The molecule has 1 aliphatic heterocycles. The molecule has 0 saturated carbocycles. The molecule has 0 spiro atoms. The van der Waals surface area contributed by atoms with Crippen molar-refractivity contribution < 1.29 is 23.9 Å². The summed E-state index contributed by atoms with van der Waals surface area (Å²) < 4.78 is 11.8.